The quantitative estimate of drug-likeness (QED) is 0.789. The Kier molecular flexibility index (Phi) is 4.24. The molecule has 0 heterocycles. The predicted molar refractivity (Wildman–Crippen MR) is 71.7 cm³/mol. The summed E-state index contributed by atoms with van der Waals surface area (Å²) in [7, 11) is 0. The van der Waals surface area contributed by atoms with Crippen molar-refractivity contribution in [1.29, 1.82) is 0 Å². The summed E-state index contributed by atoms with van der Waals surface area (Å²) < 4.78 is 27.2. The van der Waals surface area contributed by atoms with Gasteiger partial charge >= 0.3 is 0 Å². The van der Waals surface area contributed by atoms with Crippen LogP contribution in [0.25, 0.3) is 0 Å². The molecule has 0 amide bonds. The third-order valence-corrected chi connectivity index (χ3v) is 4.49. The van der Waals surface area contributed by atoms with Gasteiger partial charge in [-0.05, 0) is 43.6 Å². The van der Waals surface area contributed by atoms with Gasteiger partial charge in [0.05, 0.1) is 5.60 Å². The van der Waals surface area contributed by atoms with Crippen LogP contribution in [-0.4, -0.2) is 5.11 Å². The molecular formula is C16H22F2O. The van der Waals surface area contributed by atoms with Gasteiger partial charge in [0.1, 0.15) is 0 Å². The van der Waals surface area contributed by atoms with Crippen LogP contribution < -0.4 is 0 Å². The maximum atomic E-state index is 13.9. The summed E-state index contributed by atoms with van der Waals surface area (Å²) in [5.41, 5.74) is -1.09. The zero-order valence-electron chi connectivity index (χ0n) is 11.6. The van der Waals surface area contributed by atoms with Gasteiger partial charge in [0.25, 0.3) is 0 Å². The van der Waals surface area contributed by atoms with Crippen molar-refractivity contribution in [2.24, 2.45) is 11.8 Å². The maximum Gasteiger partial charge on any atom is 0.164 e. The van der Waals surface area contributed by atoms with Gasteiger partial charge in [-0.25, -0.2) is 8.78 Å². The summed E-state index contributed by atoms with van der Waals surface area (Å²) in [5, 5.41) is 10.7. The molecule has 1 fully saturated rings. The maximum absolute atomic E-state index is 13.9. The van der Waals surface area contributed by atoms with Crippen LogP contribution in [0.3, 0.4) is 0 Å². The molecule has 1 aromatic carbocycles. The van der Waals surface area contributed by atoms with Crippen molar-refractivity contribution < 1.29 is 13.9 Å². The predicted octanol–water partition coefficient (Wildman–Crippen LogP) is 4.39. The van der Waals surface area contributed by atoms with Gasteiger partial charge < -0.3 is 5.11 Å². The molecule has 0 saturated heterocycles. The molecule has 19 heavy (non-hydrogen) atoms. The van der Waals surface area contributed by atoms with E-state index in [1.54, 1.807) is 0 Å². The van der Waals surface area contributed by atoms with Crippen LogP contribution in [0.5, 0.6) is 0 Å². The Bertz CT molecular complexity index is 444. The second kappa shape index (κ2) is 5.58. The molecule has 0 aromatic heterocycles. The molecule has 1 nitrogen and oxygen atoms in total. The lowest BCUT2D eigenvalue weighted by molar-refractivity contribution is 0.0151. The van der Waals surface area contributed by atoms with Gasteiger partial charge in [0.2, 0.25) is 0 Å². The number of aliphatic hydroxyl groups is 1. The number of rotatable bonds is 2. The number of hydrogen-bond donors (Lipinski definition) is 1. The molecule has 3 heteroatoms. The SMILES string of the molecule is CC(C)C1CCCC(O)(c2cccc(F)c2F)CC1. The van der Waals surface area contributed by atoms with Crippen LogP contribution >= 0.6 is 0 Å². The lowest BCUT2D eigenvalue weighted by atomic mass is 9.84. The molecule has 1 aliphatic carbocycles. The molecule has 2 unspecified atom stereocenters. The van der Waals surface area contributed by atoms with Crippen molar-refractivity contribution in [1.82, 2.24) is 0 Å². The summed E-state index contributed by atoms with van der Waals surface area (Å²) in [6.07, 6.45) is 3.79. The Balaban J connectivity index is 2.25. The first-order valence-corrected chi connectivity index (χ1v) is 7.11. The molecule has 0 radical (unpaired) electrons. The standard InChI is InChI=1S/C16H22F2O/c1-11(2)12-5-4-9-16(19,10-8-12)13-6-3-7-14(17)15(13)18/h3,6-7,11-12,19H,4-5,8-10H2,1-2H3. The number of halogens is 2. The van der Waals surface area contributed by atoms with Crippen LogP contribution in [0.4, 0.5) is 8.78 Å². The molecule has 0 bridgehead atoms. The number of benzene rings is 1. The van der Waals surface area contributed by atoms with Crippen LogP contribution in [-0.2, 0) is 5.60 Å². The molecule has 2 atom stereocenters. The van der Waals surface area contributed by atoms with E-state index >= 15 is 0 Å². The Morgan fingerprint density at radius 2 is 1.95 bits per heavy atom. The highest BCUT2D eigenvalue weighted by molar-refractivity contribution is 5.25. The molecule has 1 aromatic rings. The van der Waals surface area contributed by atoms with E-state index < -0.39 is 17.2 Å². The Morgan fingerprint density at radius 3 is 2.63 bits per heavy atom. The minimum absolute atomic E-state index is 0.122. The normalized spacial score (nSPS) is 28.4. The van der Waals surface area contributed by atoms with Gasteiger partial charge in [-0.2, -0.15) is 0 Å². The molecule has 1 aliphatic rings. The smallest absolute Gasteiger partial charge is 0.164 e. The summed E-state index contributed by atoms with van der Waals surface area (Å²) in [6.45, 7) is 4.36. The third-order valence-electron chi connectivity index (χ3n) is 4.49. The average molecular weight is 268 g/mol. The van der Waals surface area contributed by atoms with Crippen molar-refractivity contribution in [2.75, 3.05) is 0 Å². The van der Waals surface area contributed by atoms with E-state index in [2.05, 4.69) is 13.8 Å². The molecule has 2 rings (SSSR count). The Hall–Kier alpha value is -0.960. The van der Waals surface area contributed by atoms with Crippen LogP contribution in [0, 0.1) is 23.5 Å². The van der Waals surface area contributed by atoms with Gasteiger partial charge in [0, 0.05) is 5.56 Å². The molecule has 0 spiro atoms. The van der Waals surface area contributed by atoms with Crippen LogP contribution in [0.15, 0.2) is 18.2 Å². The van der Waals surface area contributed by atoms with E-state index in [9.17, 15) is 13.9 Å². The molecule has 106 valence electrons. The van der Waals surface area contributed by atoms with E-state index in [0.29, 0.717) is 24.7 Å². The summed E-state index contributed by atoms with van der Waals surface area (Å²) in [6, 6.07) is 4.07. The highest BCUT2D eigenvalue weighted by Crippen LogP contribution is 2.40. The molecule has 1 N–H and O–H groups in total. The molecular weight excluding hydrogens is 246 g/mol. The van der Waals surface area contributed by atoms with Crippen molar-refractivity contribution in [2.45, 2.75) is 51.6 Å². The monoisotopic (exact) mass is 268 g/mol. The van der Waals surface area contributed by atoms with Crippen molar-refractivity contribution in [3.05, 3.63) is 35.4 Å². The number of hydrogen-bond acceptors (Lipinski definition) is 1. The van der Waals surface area contributed by atoms with Crippen LogP contribution in [0.1, 0.15) is 51.5 Å². The second-order valence-electron chi connectivity index (χ2n) is 6.07. The average Bonchev–Trinajstić information content (AvgIpc) is 2.55. The van der Waals surface area contributed by atoms with Crippen molar-refractivity contribution >= 4 is 0 Å². The van der Waals surface area contributed by atoms with E-state index in [-0.39, 0.29) is 5.56 Å². The van der Waals surface area contributed by atoms with Gasteiger partial charge in [-0.15, -0.1) is 0 Å². The fraction of sp³-hybridized carbons (Fsp3) is 0.625. The first-order chi connectivity index (χ1) is 8.94. The fourth-order valence-electron chi connectivity index (χ4n) is 3.15. The van der Waals surface area contributed by atoms with Gasteiger partial charge in [-0.3, -0.25) is 0 Å². The zero-order chi connectivity index (χ0) is 14.0. The topological polar surface area (TPSA) is 20.2 Å². The lowest BCUT2D eigenvalue weighted by Gasteiger charge is -2.28. The minimum Gasteiger partial charge on any atom is -0.385 e. The molecule has 1 saturated carbocycles. The zero-order valence-corrected chi connectivity index (χ0v) is 11.6. The van der Waals surface area contributed by atoms with Crippen molar-refractivity contribution in [3.8, 4) is 0 Å². The first kappa shape index (κ1) is 14.4. The highest BCUT2D eigenvalue weighted by Gasteiger charge is 2.35. The summed E-state index contributed by atoms with van der Waals surface area (Å²) >= 11 is 0. The second-order valence-corrected chi connectivity index (χ2v) is 6.07. The molecule has 0 aliphatic heterocycles. The minimum atomic E-state index is -1.21. The highest BCUT2D eigenvalue weighted by atomic mass is 19.2. The largest absolute Gasteiger partial charge is 0.385 e. The summed E-state index contributed by atoms with van der Waals surface area (Å²) in [4.78, 5) is 0. The first-order valence-electron chi connectivity index (χ1n) is 7.11. The van der Waals surface area contributed by atoms with E-state index in [1.165, 1.54) is 12.1 Å². The Morgan fingerprint density at radius 1 is 1.21 bits per heavy atom. The van der Waals surface area contributed by atoms with E-state index in [1.807, 2.05) is 0 Å². The van der Waals surface area contributed by atoms with Crippen LogP contribution in [0.2, 0.25) is 0 Å². The van der Waals surface area contributed by atoms with Gasteiger partial charge in [-0.1, -0.05) is 32.4 Å². The lowest BCUT2D eigenvalue weighted by Crippen LogP contribution is -2.27. The summed E-state index contributed by atoms with van der Waals surface area (Å²) in [5.74, 6) is -0.645. The third kappa shape index (κ3) is 2.97. The van der Waals surface area contributed by atoms with E-state index in [0.717, 1.165) is 25.3 Å². The Labute approximate surface area is 113 Å². The van der Waals surface area contributed by atoms with Gasteiger partial charge in [0.15, 0.2) is 11.6 Å². The fourth-order valence-corrected chi connectivity index (χ4v) is 3.15. The van der Waals surface area contributed by atoms with Crippen molar-refractivity contribution in [3.63, 3.8) is 0 Å². The van der Waals surface area contributed by atoms with E-state index in [4.69, 9.17) is 0 Å².